The van der Waals surface area contributed by atoms with Crippen molar-refractivity contribution < 1.29 is 9.59 Å². The second-order valence-corrected chi connectivity index (χ2v) is 2.32. The van der Waals surface area contributed by atoms with Gasteiger partial charge in [0.2, 0.25) is 0 Å². The summed E-state index contributed by atoms with van der Waals surface area (Å²) in [6, 6.07) is 0. The number of hydrogen-bond acceptors (Lipinski definition) is 4. The molecule has 2 rings (SSSR count). The van der Waals surface area contributed by atoms with Gasteiger partial charge in [0, 0.05) is 0 Å². The molecule has 0 saturated heterocycles. The van der Waals surface area contributed by atoms with Crippen molar-refractivity contribution in [3.8, 4) is 0 Å². The largest absolute Gasteiger partial charge is 0.352 e. The van der Waals surface area contributed by atoms with E-state index in [1.807, 2.05) is 4.98 Å². The molecule has 0 bridgehead atoms. The van der Waals surface area contributed by atoms with Crippen LogP contribution in [0.2, 0.25) is 0 Å². The van der Waals surface area contributed by atoms with Gasteiger partial charge in [-0.1, -0.05) is 0 Å². The summed E-state index contributed by atoms with van der Waals surface area (Å²) in [5.41, 5.74) is -1.73. The molecular weight excluding hydrogens is 166 g/mol. The van der Waals surface area contributed by atoms with Gasteiger partial charge in [0.05, 0.1) is 0 Å². The molecule has 0 atom stereocenters. The van der Waals surface area contributed by atoms with Gasteiger partial charge in [0.15, 0.2) is 0 Å². The van der Waals surface area contributed by atoms with Crippen LogP contribution in [0.5, 0.6) is 0 Å². The summed E-state index contributed by atoms with van der Waals surface area (Å²) >= 11 is 0. The monoisotopic (exact) mass is 169 g/mol. The maximum atomic E-state index is 10.9. The van der Waals surface area contributed by atoms with E-state index < -0.39 is 29.6 Å². The van der Waals surface area contributed by atoms with Crippen molar-refractivity contribution in [1.29, 1.82) is 0 Å². The maximum Gasteiger partial charge on any atom is 0.352 e. The number of H-pyrrole nitrogens is 1. The lowest BCUT2D eigenvalue weighted by atomic mass is 10.4. The van der Waals surface area contributed by atoms with Gasteiger partial charge >= 0.3 is 11.4 Å². The lowest BCUT2D eigenvalue weighted by Crippen LogP contribution is -2.25. The lowest BCUT2D eigenvalue weighted by Gasteiger charge is -1.87. The average molecular weight is 169 g/mol. The molecule has 1 N–H and O–H groups in total. The Kier molecular flexibility index (Phi) is 1.02. The van der Waals surface area contributed by atoms with Crippen LogP contribution in [0.3, 0.4) is 0 Å². The fourth-order valence-corrected chi connectivity index (χ4v) is 1.11. The van der Waals surface area contributed by atoms with Gasteiger partial charge in [-0.15, -0.1) is 0 Å². The zero-order valence-corrected chi connectivity index (χ0v) is 5.73. The van der Waals surface area contributed by atoms with Crippen molar-refractivity contribution in [2.24, 2.45) is 0 Å². The van der Waals surface area contributed by atoms with Crippen LogP contribution in [0.4, 0.5) is 0 Å². The van der Waals surface area contributed by atoms with E-state index in [-0.39, 0.29) is 0 Å². The van der Waals surface area contributed by atoms with Crippen LogP contribution in [0, 0.1) is 0 Å². The van der Waals surface area contributed by atoms with Crippen LogP contribution in [-0.2, 0) is 0 Å². The van der Waals surface area contributed by atoms with Crippen molar-refractivity contribution >= 4 is 11.8 Å². The van der Waals surface area contributed by atoms with Crippen LogP contribution in [0.1, 0.15) is 16.0 Å². The smallest absolute Gasteiger partial charge is 0.272 e. The highest BCUT2D eigenvalue weighted by Crippen LogP contribution is 1.98. The summed E-state index contributed by atoms with van der Waals surface area (Å²) in [4.78, 5) is 45.2. The normalized spacial score (nSPS) is 15.3. The first kappa shape index (κ1) is 6.77. The van der Waals surface area contributed by atoms with Gasteiger partial charge < -0.3 is 0 Å². The van der Waals surface area contributed by atoms with Crippen molar-refractivity contribution in [3.05, 3.63) is 21.0 Å². The number of aromatic amines is 1. The molecule has 0 aliphatic carbocycles. The van der Waals surface area contributed by atoms with Gasteiger partial charge in [-0.25, -0.2) is 9.59 Å². The number of aromatic nitrogens is 3. The Morgan fingerprint density at radius 2 is 1.33 bits per heavy atom. The summed E-state index contributed by atoms with van der Waals surface area (Å²) in [5, 5.41) is 0. The predicted molar refractivity (Wildman–Crippen MR) is 35.2 cm³/mol. The maximum absolute atomic E-state index is 10.9. The van der Waals surface area contributed by atoms with Crippen LogP contribution in [-0.4, -0.2) is 26.2 Å². The number of hydrogen-bond donors (Lipinski definition) is 1. The first-order chi connectivity index (χ1) is 5.61. The Balaban J connectivity index is 2.97. The van der Waals surface area contributed by atoms with E-state index in [0.717, 1.165) is 0 Å². The molecule has 1 aromatic rings. The first-order valence-electron chi connectivity index (χ1n) is 3.12. The second kappa shape index (κ2) is 1.81. The molecule has 1 aliphatic heterocycles. The topological polar surface area (TPSA) is 93.9 Å². The quantitative estimate of drug-likeness (QED) is 0.455. The van der Waals surface area contributed by atoms with Gasteiger partial charge in [-0.2, -0.15) is 9.36 Å². The molecule has 62 valence electrons. The van der Waals surface area contributed by atoms with Crippen molar-refractivity contribution in [2.45, 2.75) is 6.42 Å². The summed E-state index contributed by atoms with van der Waals surface area (Å²) in [6.07, 6.45) is -0.418. The van der Waals surface area contributed by atoms with E-state index in [2.05, 4.69) is 0 Å². The van der Waals surface area contributed by atoms with E-state index in [9.17, 15) is 19.2 Å². The Morgan fingerprint density at radius 3 is 1.75 bits per heavy atom. The lowest BCUT2D eigenvalue weighted by molar-refractivity contribution is 0.0880. The number of carbonyl (C=O) groups is 2. The van der Waals surface area contributed by atoms with E-state index in [1.165, 1.54) is 0 Å². The third kappa shape index (κ3) is 0.595. The minimum atomic E-state index is -0.865. The minimum absolute atomic E-state index is 0.418. The molecule has 7 heteroatoms. The number of fused-ring (bicyclic) bond motifs is 1. The highest BCUT2D eigenvalue weighted by Gasteiger charge is 2.30. The minimum Gasteiger partial charge on any atom is -0.272 e. The van der Waals surface area contributed by atoms with Gasteiger partial charge in [-0.05, 0) is 0 Å². The van der Waals surface area contributed by atoms with Crippen LogP contribution < -0.4 is 11.4 Å². The predicted octanol–water partition coefficient (Wildman–Crippen LogP) is -1.98. The summed E-state index contributed by atoms with van der Waals surface area (Å²) in [6.45, 7) is 0. The van der Waals surface area contributed by atoms with E-state index in [1.54, 1.807) is 0 Å². The summed E-state index contributed by atoms with van der Waals surface area (Å²) in [7, 11) is 0. The number of nitrogens with zero attached hydrogens (tertiary/aromatic N) is 2. The fourth-order valence-electron chi connectivity index (χ4n) is 1.11. The summed E-state index contributed by atoms with van der Waals surface area (Å²) < 4.78 is 1.01. The van der Waals surface area contributed by atoms with Crippen LogP contribution in [0.25, 0.3) is 0 Å². The number of rotatable bonds is 0. The van der Waals surface area contributed by atoms with Crippen molar-refractivity contribution in [3.63, 3.8) is 0 Å². The van der Waals surface area contributed by atoms with Crippen molar-refractivity contribution in [1.82, 2.24) is 14.3 Å². The molecule has 0 radical (unpaired) electrons. The molecule has 7 nitrogen and oxygen atoms in total. The Bertz CT molecular complexity index is 445. The average Bonchev–Trinajstić information content (AvgIpc) is 2.38. The molecular formula is C5H3N3O4. The van der Waals surface area contributed by atoms with E-state index in [0.29, 0.717) is 9.36 Å². The van der Waals surface area contributed by atoms with Crippen molar-refractivity contribution in [2.75, 3.05) is 0 Å². The third-order valence-corrected chi connectivity index (χ3v) is 1.57. The Labute approximate surface area is 64.2 Å². The van der Waals surface area contributed by atoms with E-state index in [4.69, 9.17) is 0 Å². The number of nitrogens with one attached hydrogen (secondary N) is 1. The molecule has 0 aromatic carbocycles. The zero-order chi connectivity index (χ0) is 8.88. The van der Waals surface area contributed by atoms with Gasteiger partial charge in [0.25, 0.3) is 11.8 Å². The number of carbonyl (C=O) groups excluding carboxylic acids is 2. The summed E-state index contributed by atoms with van der Waals surface area (Å²) in [5.74, 6) is -1.35. The molecule has 0 saturated carbocycles. The molecule has 1 aromatic heterocycles. The zero-order valence-electron chi connectivity index (χ0n) is 5.73. The Morgan fingerprint density at radius 1 is 0.917 bits per heavy atom. The molecule has 0 spiro atoms. The standard InChI is InChI=1S/C5H3N3O4/c9-2-1-3(10)8-5(12)6-4(11)7(2)8/h1H2,(H,6,11,12). The molecule has 0 unspecified atom stereocenters. The SMILES string of the molecule is O=C1CC(=O)n2c(=O)[nH]c(=O)n21. The van der Waals surface area contributed by atoms with Crippen LogP contribution >= 0.6 is 0 Å². The van der Waals surface area contributed by atoms with Gasteiger partial charge in [0.1, 0.15) is 6.42 Å². The fraction of sp³-hybridized carbons (Fsp3) is 0.200. The third-order valence-electron chi connectivity index (χ3n) is 1.57. The highest BCUT2D eigenvalue weighted by atomic mass is 16.2. The highest BCUT2D eigenvalue weighted by molar-refractivity contribution is 6.03. The van der Waals surface area contributed by atoms with Gasteiger partial charge in [-0.3, -0.25) is 14.6 Å². The Hall–Kier alpha value is -1.92. The molecule has 1 aliphatic rings. The molecule has 2 heterocycles. The molecule has 12 heavy (non-hydrogen) atoms. The molecule has 0 amide bonds. The second-order valence-electron chi connectivity index (χ2n) is 2.32. The van der Waals surface area contributed by atoms with Crippen LogP contribution in [0.15, 0.2) is 9.59 Å². The molecule has 0 fully saturated rings. The first-order valence-corrected chi connectivity index (χ1v) is 3.12. The van der Waals surface area contributed by atoms with E-state index >= 15 is 0 Å².